The molecular formula is C21H29N3O5. The number of ether oxygens (including phenoxy) is 3. The van der Waals surface area contributed by atoms with Gasteiger partial charge in [0.25, 0.3) is 5.91 Å². The molecule has 0 aliphatic rings. The fraction of sp³-hybridized carbons (Fsp3) is 0.429. The molecule has 2 rings (SSSR count). The Hall–Kier alpha value is -2.84. The van der Waals surface area contributed by atoms with Crippen molar-refractivity contribution in [2.75, 3.05) is 26.1 Å². The lowest BCUT2D eigenvalue weighted by Gasteiger charge is -2.19. The summed E-state index contributed by atoms with van der Waals surface area (Å²) >= 11 is 0. The van der Waals surface area contributed by atoms with Crippen LogP contribution in [0.4, 0.5) is 10.5 Å². The minimum atomic E-state index is -0.558. The largest absolute Gasteiger partial charge is 0.444 e. The Balaban J connectivity index is 2.05. The third-order valence-corrected chi connectivity index (χ3v) is 4.06. The summed E-state index contributed by atoms with van der Waals surface area (Å²) in [6, 6.07) is 9.12. The number of benzene rings is 1. The molecule has 0 aliphatic carbocycles. The number of carbonyl (C=O) groups excluding carboxylic acids is 2. The molecule has 8 nitrogen and oxygen atoms in total. The summed E-state index contributed by atoms with van der Waals surface area (Å²) in [6.07, 6.45) is 0.869. The van der Waals surface area contributed by atoms with Crippen molar-refractivity contribution in [3.8, 4) is 11.1 Å². The predicted molar refractivity (Wildman–Crippen MR) is 111 cm³/mol. The molecule has 0 saturated carbocycles. The number of anilines is 1. The number of rotatable bonds is 7. The van der Waals surface area contributed by atoms with E-state index in [1.54, 1.807) is 29.8 Å². The van der Waals surface area contributed by atoms with Gasteiger partial charge in [-0.2, -0.15) is 0 Å². The van der Waals surface area contributed by atoms with Crippen molar-refractivity contribution in [1.29, 1.82) is 0 Å². The van der Waals surface area contributed by atoms with E-state index >= 15 is 0 Å². The second-order valence-corrected chi connectivity index (χ2v) is 7.54. The normalized spacial score (nSPS) is 11.4. The fourth-order valence-corrected chi connectivity index (χ4v) is 2.65. The van der Waals surface area contributed by atoms with Gasteiger partial charge in [0.2, 0.25) is 0 Å². The van der Waals surface area contributed by atoms with Gasteiger partial charge in [-0.05, 0) is 44.5 Å². The van der Waals surface area contributed by atoms with Gasteiger partial charge in [0.05, 0.1) is 6.54 Å². The van der Waals surface area contributed by atoms with E-state index in [1.165, 1.54) is 14.2 Å². The van der Waals surface area contributed by atoms with Crippen LogP contribution < -0.4 is 10.6 Å². The molecule has 0 atom stereocenters. The summed E-state index contributed by atoms with van der Waals surface area (Å²) in [5.41, 5.74) is 2.39. The maximum atomic E-state index is 12.4. The molecule has 29 heavy (non-hydrogen) atoms. The van der Waals surface area contributed by atoms with Crippen molar-refractivity contribution >= 4 is 17.7 Å². The highest BCUT2D eigenvalue weighted by Crippen LogP contribution is 2.24. The monoisotopic (exact) mass is 403 g/mol. The highest BCUT2D eigenvalue weighted by Gasteiger charge is 2.17. The maximum Gasteiger partial charge on any atom is 0.412 e. The van der Waals surface area contributed by atoms with Crippen LogP contribution in [0, 0.1) is 0 Å². The van der Waals surface area contributed by atoms with E-state index in [2.05, 4.69) is 10.6 Å². The van der Waals surface area contributed by atoms with Crippen LogP contribution in [0.2, 0.25) is 0 Å². The number of amides is 2. The SMILES string of the molecule is COC(CNC(=O)c1cc(-c2ccc(NC(=O)OC(C)(C)C)cc2)cn1C)OC. The van der Waals surface area contributed by atoms with E-state index < -0.39 is 18.0 Å². The van der Waals surface area contributed by atoms with Crippen molar-refractivity contribution < 1.29 is 23.8 Å². The van der Waals surface area contributed by atoms with Crippen LogP contribution in [0.15, 0.2) is 36.5 Å². The highest BCUT2D eigenvalue weighted by molar-refractivity contribution is 5.94. The zero-order valence-corrected chi connectivity index (χ0v) is 17.7. The van der Waals surface area contributed by atoms with Gasteiger partial charge in [0, 0.05) is 38.7 Å². The molecular weight excluding hydrogens is 374 g/mol. The van der Waals surface area contributed by atoms with E-state index in [4.69, 9.17) is 14.2 Å². The summed E-state index contributed by atoms with van der Waals surface area (Å²) < 4.78 is 17.1. The molecule has 2 N–H and O–H groups in total. The predicted octanol–water partition coefficient (Wildman–Crippen LogP) is 3.39. The maximum absolute atomic E-state index is 12.4. The zero-order valence-electron chi connectivity index (χ0n) is 17.7. The van der Waals surface area contributed by atoms with Crippen LogP contribution in [0.3, 0.4) is 0 Å². The number of methoxy groups -OCH3 is 2. The number of aromatic nitrogens is 1. The van der Waals surface area contributed by atoms with Gasteiger partial charge in [0.15, 0.2) is 6.29 Å². The van der Waals surface area contributed by atoms with Crippen molar-refractivity contribution in [2.45, 2.75) is 32.7 Å². The zero-order chi connectivity index (χ0) is 21.6. The van der Waals surface area contributed by atoms with Crippen molar-refractivity contribution in [2.24, 2.45) is 7.05 Å². The summed E-state index contributed by atoms with van der Waals surface area (Å²) in [5.74, 6) is -0.221. The minimum absolute atomic E-state index is 0.221. The lowest BCUT2D eigenvalue weighted by molar-refractivity contribution is -0.0974. The third kappa shape index (κ3) is 6.62. The molecule has 0 unspecified atom stereocenters. The van der Waals surface area contributed by atoms with E-state index in [0.717, 1.165) is 11.1 Å². The average Bonchev–Trinajstić information content (AvgIpc) is 3.03. The summed E-state index contributed by atoms with van der Waals surface area (Å²) in [7, 11) is 4.84. The molecule has 8 heteroatoms. The van der Waals surface area contributed by atoms with Gasteiger partial charge in [-0.25, -0.2) is 4.79 Å². The topological polar surface area (TPSA) is 90.8 Å². The van der Waals surface area contributed by atoms with Gasteiger partial charge >= 0.3 is 6.09 Å². The van der Waals surface area contributed by atoms with Crippen LogP contribution >= 0.6 is 0 Å². The van der Waals surface area contributed by atoms with Gasteiger partial charge in [-0.15, -0.1) is 0 Å². The van der Waals surface area contributed by atoms with Crippen molar-refractivity contribution in [3.63, 3.8) is 0 Å². The molecule has 1 aromatic heterocycles. The number of hydrogen-bond acceptors (Lipinski definition) is 5. The summed E-state index contributed by atoms with van der Waals surface area (Å²) in [6.45, 7) is 5.67. The molecule has 0 aliphatic heterocycles. The summed E-state index contributed by atoms with van der Waals surface area (Å²) in [5, 5.41) is 5.48. The third-order valence-electron chi connectivity index (χ3n) is 4.06. The van der Waals surface area contributed by atoms with Crippen LogP contribution in [-0.2, 0) is 21.3 Å². The first-order valence-electron chi connectivity index (χ1n) is 9.23. The smallest absolute Gasteiger partial charge is 0.412 e. The van der Waals surface area contributed by atoms with E-state index in [-0.39, 0.29) is 12.5 Å². The van der Waals surface area contributed by atoms with Crippen LogP contribution in [0.1, 0.15) is 31.3 Å². The Kier molecular flexibility index (Phi) is 7.41. The van der Waals surface area contributed by atoms with E-state index in [9.17, 15) is 9.59 Å². The van der Waals surface area contributed by atoms with Crippen LogP contribution in [0.5, 0.6) is 0 Å². The second kappa shape index (κ2) is 9.58. The molecule has 0 saturated heterocycles. The Morgan fingerprint density at radius 3 is 2.24 bits per heavy atom. The first-order valence-corrected chi connectivity index (χ1v) is 9.23. The highest BCUT2D eigenvalue weighted by atomic mass is 16.7. The number of aryl methyl sites for hydroxylation is 1. The average molecular weight is 403 g/mol. The van der Waals surface area contributed by atoms with E-state index in [1.807, 2.05) is 39.1 Å². The Morgan fingerprint density at radius 1 is 1.07 bits per heavy atom. The molecule has 1 heterocycles. The molecule has 2 amide bonds. The number of hydrogen-bond donors (Lipinski definition) is 2. The van der Waals surface area contributed by atoms with Gasteiger partial charge in [-0.3, -0.25) is 10.1 Å². The molecule has 0 fully saturated rings. The fourth-order valence-electron chi connectivity index (χ4n) is 2.65. The lowest BCUT2D eigenvalue weighted by atomic mass is 10.1. The van der Waals surface area contributed by atoms with Crippen LogP contribution in [0.25, 0.3) is 11.1 Å². The minimum Gasteiger partial charge on any atom is -0.444 e. The first kappa shape index (κ1) is 22.4. The van der Waals surface area contributed by atoms with Gasteiger partial charge in [0.1, 0.15) is 11.3 Å². The first-order chi connectivity index (χ1) is 13.6. The second-order valence-electron chi connectivity index (χ2n) is 7.54. The lowest BCUT2D eigenvalue weighted by Crippen LogP contribution is -2.34. The Labute approximate surface area is 171 Å². The molecule has 0 spiro atoms. The van der Waals surface area contributed by atoms with Crippen molar-refractivity contribution in [1.82, 2.24) is 9.88 Å². The molecule has 0 radical (unpaired) electrons. The molecule has 0 bridgehead atoms. The van der Waals surface area contributed by atoms with Gasteiger partial charge in [-0.1, -0.05) is 12.1 Å². The van der Waals surface area contributed by atoms with Crippen LogP contribution in [-0.4, -0.2) is 49.2 Å². The Morgan fingerprint density at radius 2 is 1.69 bits per heavy atom. The van der Waals surface area contributed by atoms with Gasteiger partial charge < -0.3 is 24.1 Å². The van der Waals surface area contributed by atoms with Crippen molar-refractivity contribution in [3.05, 3.63) is 42.2 Å². The molecule has 1 aromatic carbocycles. The molecule has 158 valence electrons. The number of carbonyl (C=O) groups is 2. The number of nitrogens with one attached hydrogen (secondary N) is 2. The summed E-state index contributed by atoms with van der Waals surface area (Å²) in [4.78, 5) is 24.3. The van der Waals surface area contributed by atoms with E-state index in [0.29, 0.717) is 11.4 Å². The molecule has 2 aromatic rings. The standard InChI is InChI=1S/C21H29N3O5/c1-21(2,3)29-20(26)23-16-9-7-14(8-10-16)15-11-17(24(4)13-15)19(25)22-12-18(27-5)28-6/h7-11,13,18H,12H2,1-6H3,(H,22,25)(H,23,26). The Bertz CT molecular complexity index is 833. The number of nitrogens with zero attached hydrogens (tertiary/aromatic N) is 1. The quantitative estimate of drug-likeness (QED) is 0.692.